The van der Waals surface area contributed by atoms with Crippen LogP contribution < -0.4 is 0 Å². The Hall–Kier alpha value is -7.44. The first-order valence-electron chi connectivity index (χ1n) is 26.1. The highest BCUT2D eigenvalue weighted by molar-refractivity contribution is 6.14. The highest BCUT2D eigenvalue weighted by Gasteiger charge is 2.64. The summed E-state index contributed by atoms with van der Waals surface area (Å²) < 4.78 is 32.1. The molecule has 12 aromatic rings. The Kier molecular flexibility index (Phi) is 11.2. The average Bonchev–Trinajstić information content (AvgIpc) is 3.79. The van der Waals surface area contributed by atoms with Crippen LogP contribution in [-0.2, 0) is 30.1 Å². The van der Waals surface area contributed by atoms with Crippen molar-refractivity contribution in [2.75, 3.05) is 13.2 Å². The number of benzene rings is 12. The lowest BCUT2D eigenvalue weighted by Crippen LogP contribution is -2.57. The van der Waals surface area contributed by atoms with Crippen molar-refractivity contribution >= 4 is 86.2 Å². The molecule has 0 aromatic heterocycles. The molecule has 0 spiro atoms. The van der Waals surface area contributed by atoms with Crippen molar-refractivity contribution in [1.29, 1.82) is 0 Å². The average molecular weight is 951 g/mol. The van der Waals surface area contributed by atoms with E-state index in [4.69, 9.17) is 18.9 Å². The molecule has 358 valence electrons. The normalized spacial score (nSPS) is 16.3. The van der Waals surface area contributed by atoms with Gasteiger partial charge in [0.25, 0.3) is 0 Å². The van der Waals surface area contributed by atoms with Crippen molar-refractivity contribution in [3.63, 3.8) is 0 Å². The van der Waals surface area contributed by atoms with Gasteiger partial charge in [-0.3, -0.25) is 0 Å². The third kappa shape index (κ3) is 7.11. The fourth-order valence-corrected chi connectivity index (χ4v) is 12.7. The van der Waals surface area contributed by atoms with Crippen molar-refractivity contribution in [2.24, 2.45) is 0 Å². The minimum Gasteiger partial charge on any atom is -0.363 e. The molecular weight excluding hydrogens is 893 g/mol. The maximum absolute atomic E-state index is 8.10. The Morgan fingerprint density at radius 3 is 0.795 bits per heavy atom. The Balaban J connectivity index is 1.26. The minimum absolute atomic E-state index is 0.440. The molecule has 1 saturated heterocycles. The zero-order chi connectivity index (χ0) is 49.3. The van der Waals surface area contributed by atoms with Crippen LogP contribution >= 0.6 is 0 Å². The SMILES string of the molecule is CCCOC(c1cc2ccccc2c2ccccc12)(c1cc2ccccc2c2ccccc12)C1OC(C)(C)OC1C(OCCC)(c1cc2ccccc2c2ccccc12)c1cc2ccccc2c2ccccc12. The summed E-state index contributed by atoms with van der Waals surface area (Å²) in [6.45, 7) is 9.43. The van der Waals surface area contributed by atoms with Gasteiger partial charge in [-0.25, -0.2) is 0 Å². The number of fused-ring (bicyclic) bond motifs is 12. The second kappa shape index (κ2) is 17.9. The second-order valence-corrected chi connectivity index (χ2v) is 20.4. The van der Waals surface area contributed by atoms with Crippen LogP contribution in [0.5, 0.6) is 0 Å². The van der Waals surface area contributed by atoms with Crippen molar-refractivity contribution in [1.82, 2.24) is 0 Å². The first-order valence-corrected chi connectivity index (χ1v) is 26.1. The molecule has 1 aliphatic heterocycles. The summed E-state index contributed by atoms with van der Waals surface area (Å²) in [6, 6.07) is 79.9. The van der Waals surface area contributed by atoms with E-state index in [-0.39, 0.29) is 0 Å². The molecular formula is C69H58O4. The van der Waals surface area contributed by atoms with Crippen molar-refractivity contribution in [2.45, 2.75) is 69.7 Å². The lowest BCUT2D eigenvalue weighted by molar-refractivity contribution is -0.180. The Morgan fingerprint density at radius 2 is 0.548 bits per heavy atom. The standard InChI is InChI=1S/C69H58O4/c1-5-39-70-68(61-41-45-23-7-11-27-49(45)53-31-15-19-35-57(53)61,62-42-46-24-8-12-28-50(46)54-32-16-20-36-58(54)62)65-66(73-67(3,4)72-65)69(71-40-6-2,63-43-47-25-9-13-29-51(47)55-33-17-21-37-59(55)63)64-44-48-26-10-14-30-52(48)56-34-18-22-38-60(56)64/h7-38,41-44,65-66H,5-6,39-40H2,1-4H3. The van der Waals surface area contributed by atoms with E-state index < -0.39 is 29.2 Å². The van der Waals surface area contributed by atoms with Crippen LogP contribution in [0.15, 0.2) is 218 Å². The number of hydrogen-bond donors (Lipinski definition) is 0. The molecule has 0 aliphatic carbocycles. The summed E-state index contributed by atoms with van der Waals surface area (Å²) in [5, 5.41) is 18.2. The molecule has 0 bridgehead atoms. The van der Waals surface area contributed by atoms with Crippen LogP contribution in [0.1, 0.15) is 62.8 Å². The molecule has 0 amide bonds. The lowest BCUT2D eigenvalue weighted by atomic mass is 9.68. The van der Waals surface area contributed by atoms with Gasteiger partial charge in [0.15, 0.2) is 5.79 Å². The second-order valence-electron chi connectivity index (χ2n) is 20.4. The number of hydrogen-bond acceptors (Lipinski definition) is 4. The Bertz CT molecular complexity index is 3590. The Morgan fingerprint density at radius 1 is 0.329 bits per heavy atom. The van der Waals surface area contributed by atoms with Crippen LogP contribution in [0.25, 0.3) is 86.2 Å². The summed E-state index contributed by atoms with van der Waals surface area (Å²) in [5.41, 5.74) is 1.40. The van der Waals surface area contributed by atoms with Crippen LogP contribution in [-0.4, -0.2) is 31.2 Å². The van der Waals surface area contributed by atoms with Gasteiger partial charge in [0.2, 0.25) is 0 Å². The maximum atomic E-state index is 8.10. The zero-order valence-electron chi connectivity index (χ0n) is 41.9. The van der Waals surface area contributed by atoms with E-state index in [1.165, 1.54) is 21.5 Å². The molecule has 1 aliphatic rings. The zero-order valence-corrected chi connectivity index (χ0v) is 41.9. The summed E-state index contributed by atoms with van der Waals surface area (Å²) >= 11 is 0. The third-order valence-electron chi connectivity index (χ3n) is 15.6. The highest BCUT2D eigenvalue weighted by Crippen LogP contribution is 2.58. The molecule has 4 nitrogen and oxygen atoms in total. The van der Waals surface area contributed by atoms with Gasteiger partial charge in [0.05, 0.1) is 0 Å². The first-order chi connectivity index (χ1) is 35.8. The van der Waals surface area contributed by atoms with Crippen molar-refractivity contribution < 1.29 is 18.9 Å². The van der Waals surface area contributed by atoms with E-state index >= 15 is 0 Å². The van der Waals surface area contributed by atoms with E-state index in [2.05, 4.69) is 246 Å². The van der Waals surface area contributed by atoms with Gasteiger partial charge < -0.3 is 18.9 Å². The molecule has 0 N–H and O–H groups in total. The van der Waals surface area contributed by atoms with Crippen molar-refractivity contribution in [3.8, 4) is 0 Å². The number of ether oxygens (including phenoxy) is 4. The quantitative estimate of drug-likeness (QED) is 0.114. The molecule has 13 rings (SSSR count). The number of rotatable bonds is 12. The summed E-state index contributed by atoms with van der Waals surface area (Å²) in [7, 11) is 0. The van der Waals surface area contributed by atoms with Gasteiger partial charge >= 0.3 is 0 Å². The van der Waals surface area contributed by atoms with Gasteiger partial charge in [-0.1, -0.05) is 208 Å². The van der Waals surface area contributed by atoms with Crippen molar-refractivity contribution in [3.05, 3.63) is 241 Å². The van der Waals surface area contributed by atoms with E-state index in [0.717, 1.165) is 99.7 Å². The topological polar surface area (TPSA) is 36.9 Å². The fourth-order valence-electron chi connectivity index (χ4n) is 12.7. The van der Waals surface area contributed by atoms with Gasteiger partial charge in [0, 0.05) is 13.2 Å². The monoisotopic (exact) mass is 950 g/mol. The van der Waals surface area contributed by atoms with Crippen LogP contribution in [0.4, 0.5) is 0 Å². The maximum Gasteiger partial charge on any atom is 0.164 e. The van der Waals surface area contributed by atoms with Gasteiger partial charge in [-0.15, -0.1) is 0 Å². The third-order valence-corrected chi connectivity index (χ3v) is 15.6. The molecule has 2 unspecified atom stereocenters. The summed E-state index contributed by atoms with van der Waals surface area (Å²) in [6.07, 6.45) is -0.142. The molecule has 12 aromatic carbocycles. The molecule has 1 fully saturated rings. The van der Waals surface area contributed by atoms with E-state index in [1.54, 1.807) is 0 Å². The van der Waals surface area contributed by atoms with E-state index in [1.807, 2.05) is 0 Å². The highest BCUT2D eigenvalue weighted by atomic mass is 16.8. The minimum atomic E-state index is -1.33. The molecule has 0 radical (unpaired) electrons. The molecule has 2 atom stereocenters. The smallest absolute Gasteiger partial charge is 0.164 e. The predicted octanol–water partition coefficient (Wildman–Crippen LogP) is 17.5. The lowest BCUT2D eigenvalue weighted by Gasteiger charge is -2.48. The van der Waals surface area contributed by atoms with E-state index in [9.17, 15) is 0 Å². The van der Waals surface area contributed by atoms with Crippen LogP contribution in [0.2, 0.25) is 0 Å². The molecule has 73 heavy (non-hydrogen) atoms. The van der Waals surface area contributed by atoms with Gasteiger partial charge in [-0.2, -0.15) is 0 Å². The molecule has 0 saturated carbocycles. The van der Waals surface area contributed by atoms with E-state index in [0.29, 0.717) is 13.2 Å². The molecule has 1 heterocycles. The first kappa shape index (κ1) is 45.4. The predicted molar refractivity (Wildman–Crippen MR) is 304 cm³/mol. The summed E-state index contributed by atoms with van der Waals surface area (Å²) in [5.74, 6) is -1.13. The van der Waals surface area contributed by atoms with Crippen LogP contribution in [0, 0.1) is 0 Å². The largest absolute Gasteiger partial charge is 0.363 e. The summed E-state index contributed by atoms with van der Waals surface area (Å²) in [4.78, 5) is 0. The Labute approximate surface area is 426 Å². The van der Waals surface area contributed by atoms with Crippen LogP contribution in [0.3, 0.4) is 0 Å². The van der Waals surface area contributed by atoms with Gasteiger partial charge in [0.1, 0.15) is 23.4 Å². The molecule has 4 heteroatoms. The fraction of sp³-hybridized carbons (Fsp3) is 0.188. The van der Waals surface area contributed by atoms with Gasteiger partial charge in [-0.05, 0) is 159 Å².